The lowest BCUT2D eigenvalue weighted by Crippen LogP contribution is -2.48. The molecule has 144 valence electrons. The Kier molecular flexibility index (Phi) is 7.42. The van der Waals surface area contributed by atoms with Gasteiger partial charge in [-0.1, -0.05) is 45.8 Å². The molecule has 0 aliphatic rings. The van der Waals surface area contributed by atoms with Gasteiger partial charge in [-0.05, 0) is 50.1 Å². The lowest BCUT2D eigenvalue weighted by molar-refractivity contribution is -0.142. The monoisotopic (exact) mass is 432 g/mol. The van der Waals surface area contributed by atoms with E-state index in [1.54, 1.807) is 14.0 Å². The van der Waals surface area contributed by atoms with E-state index in [0.29, 0.717) is 12.3 Å². The summed E-state index contributed by atoms with van der Waals surface area (Å²) in [4.78, 5) is 26.5. The first kappa shape index (κ1) is 21.0. The predicted molar refractivity (Wildman–Crippen MR) is 110 cm³/mol. The minimum atomic E-state index is -0.603. The third-order valence-electron chi connectivity index (χ3n) is 4.36. The quantitative estimate of drug-likeness (QED) is 0.726. The predicted octanol–water partition coefficient (Wildman–Crippen LogP) is 3.61. The fourth-order valence-corrected chi connectivity index (χ4v) is 3.03. The number of hydrogen-bond acceptors (Lipinski definition) is 3. The number of benzene rings is 2. The standard InChI is InChI=1S/C21H25BrN2O3/c1-14-5-10-19(15(2)11-14)27-13-20(25)24(16(3)21(26)23-4)12-17-6-8-18(22)9-7-17/h5-11,16H,12-13H2,1-4H3,(H,23,26). The van der Waals surface area contributed by atoms with Gasteiger partial charge in [0, 0.05) is 18.1 Å². The number of nitrogens with zero attached hydrogens (tertiary/aromatic N) is 1. The van der Waals surface area contributed by atoms with E-state index < -0.39 is 6.04 Å². The SMILES string of the molecule is CNC(=O)C(C)N(Cc1ccc(Br)cc1)C(=O)COc1ccc(C)cc1C. The third kappa shape index (κ3) is 5.82. The normalized spacial score (nSPS) is 11.6. The van der Waals surface area contributed by atoms with Gasteiger partial charge in [-0.3, -0.25) is 9.59 Å². The van der Waals surface area contributed by atoms with E-state index in [-0.39, 0.29) is 18.4 Å². The molecule has 1 unspecified atom stereocenters. The van der Waals surface area contributed by atoms with Crippen molar-refractivity contribution in [3.63, 3.8) is 0 Å². The first-order chi connectivity index (χ1) is 12.8. The summed E-state index contributed by atoms with van der Waals surface area (Å²) < 4.78 is 6.68. The number of halogens is 1. The number of rotatable bonds is 7. The lowest BCUT2D eigenvalue weighted by Gasteiger charge is -2.28. The molecule has 1 atom stereocenters. The minimum absolute atomic E-state index is 0.123. The van der Waals surface area contributed by atoms with Gasteiger partial charge < -0.3 is 15.0 Å². The second kappa shape index (κ2) is 9.55. The molecule has 2 amide bonds. The highest BCUT2D eigenvalue weighted by atomic mass is 79.9. The number of aryl methyl sites for hydroxylation is 2. The molecule has 0 radical (unpaired) electrons. The highest BCUT2D eigenvalue weighted by Gasteiger charge is 2.26. The van der Waals surface area contributed by atoms with Crippen molar-refractivity contribution in [1.29, 1.82) is 0 Å². The number of hydrogen-bond donors (Lipinski definition) is 1. The molecular weight excluding hydrogens is 408 g/mol. The van der Waals surface area contributed by atoms with Gasteiger partial charge in [-0.15, -0.1) is 0 Å². The third-order valence-corrected chi connectivity index (χ3v) is 4.89. The van der Waals surface area contributed by atoms with E-state index in [0.717, 1.165) is 21.2 Å². The van der Waals surface area contributed by atoms with Crippen LogP contribution in [0.1, 0.15) is 23.6 Å². The van der Waals surface area contributed by atoms with Crippen molar-refractivity contribution < 1.29 is 14.3 Å². The molecule has 5 nitrogen and oxygen atoms in total. The Hall–Kier alpha value is -2.34. The topological polar surface area (TPSA) is 58.6 Å². The Bertz CT molecular complexity index is 806. The van der Waals surface area contributed by atoms with Crippen LogP contribution in [0, 0.1) is 13.8 Å². The van der Waals surface area contributed by atoms with Gasteiger partial charge in [-0.25, -0.2) is 0 Å². The van der Waals surface area contributed by atoms with Crippen LogP contribution in [0.5, 0.6) is 5.75 Å². The second-order valence-electron chi connectivity index (χ2n) is 6.50. The van der Waals surface area contributed by atoms with Gasteiger partial charge in [0.2, 0.25) is 5.91 Å². The molecule has 0 saturated carbocycles. The molecule has 2 rings (SSSR count). The molecule has 1 N–H and O–H groups in total. The van der Waals surface area contributed by atoms with Gasteiger partial charge in [0.05, 0.1) is 0 Å². The Morgan fingerprint density at radius 1 is 1.15 bits per heavy atom. The fraction of sp³-hybridized carbons (Fsp3) is 0.333. The number of ether oxygens (including phenoxy) is 1. The number of likely N-dealkylation sites (N-methyl/N-ethyl adjacent to an activating group) is 1. The van der Waals surface area contributed by atoms with Crippen molar-refractivity contribution in [2.75, 3.05) is 13.7 Å². The zero-order valence-corrected chi connectivity index (χ0v) is 17.7. The molecule has 6 heteroatoms. The molecule has 0 bridgehead atoms. The van der Waals surface area contributed by atoms with E-state index in [9.17, 15) is 9.59 Å². The summed E-state index contributed by atoms with van der Waals surface area (Å²) in [6, 6.07) is 12.9. The largest absolute Gasteiger partial charge is 0.483 e. The van der Waals surface area contributed by atoms with Crippen molar-refractivity contribution in [3.8, 4) is 5.75 Å². The van der Waals surface area contributed by atoms with E-state index >= 15 is 0 Å². The molecular formula is C21H25BrN2O3. The van der Waals surface area contributed by atoms with Gasteiger partial charge >= 0.3 is 0 Å². The maximum atomic E-state index is 12.8. The summed E-state index contributed by atoms with van der Waals surface area (Å²) in [5, 5.41) is 2.60. The molecule has 2 aromatic carbocycles. The number of carbonyl (C=O) groups excluding carboxylic acids is 2. The smallest absolute Gasteiger partial charge is 0.261 e. The summed E-state index contributed by atoms with van der Waals surface area (Å²) in [6.45, 7) is 5.87. The average molecular weight is 433 g/mol. The molecule has 27 heavy (non-hydrogen) atoms. The first-order valence-electron chi connectivity index (χ1n) is 8.77. The van der Waals surface area contributed by atoms with E-state index in [2.05, 4.69) is 21.2 Å². The van der Waals surface area contributed by atoms with E-state index in [4.69, 9.17) is 4.74 Å². The second-order valence-corrected chi connectivity index (χ2v) is 7.41. The summed E-state index contributed by atoms with van der Waals surface area (Å²) in [6.07, 6.45) is 0. The summed E-state index contributed by atoms with van der Waals surface area (Å²) in [7, 11) is 1.56. The van der Waals surface area contributed by atoms with Gasteiger partial charge in [0.1, 0.15) is 11.8 Å². The zero-order chi connectivity index (χ0) is 20.0. The summed E-state index contributed by atoms with van der Waals surface area (Å²) >= 11 is 3.40. The molecule has 0 fully saturated rings. The Morgan fingerprint density at radius 3 is 2.41 bits per heavy atom. The number of amides is 2. The fourth-order valence-electron chi connectivity index (χ4n) is 2.76. The maximum Gasteiger partial charge on any atom is 0.261 e. The summed E-state index contributed by atoms with van der Waals surface area (Å²) in [5.41, 5.74) is 3.05. The van der Waals surface area contributed by atoms with Crippen molar-refractivity contribution >= 4 is 27.7 Å². The van der Waals surface area contributed by atoms with Crippen LogP contribution in [0.3, 0.4) is 0 Å². The van der Waals surface area contributed by atoms with Crippen LogP contribution in [0.4, 0.5) is 0 Å². The van der Waals surface area contributed by atoms with Crippen molar-refractivity contribution in [3.05, 3.63) is 63.6 Å². The average Bonchev–Trinajstić information content (AvgIpc) is 2.65. The Labute approximate surface area is 168 Å². The van der Waals surface area contributed by atoms with Crippen LogP contribution in [0.2, 0.25) is 0 Å². The maximum absolute atomic E-state index is 12.8. The van der Waals surface area contributed by atoms with Crippen molar-refractivity contribution in [1.82, 2.24) is 10.2 Å². The van der Waals surface area contributed by atoms with Crippen molar-refractivity contribution in [2.24, 2.45) is 0 Å². The van der Waals surface area contributed by atoms with Crippen LogP contribution < -0.4 is 10.1 Å². The molecule has 0 saturated heterocycles. The Morgan fingerprint density at radius 2 is 1.81 bits per heavy atom. The minimum Gasteiger partial charge on any atom is -0.483 e. The summed E-state index contributed by atoms with van der Waals surface area (Å²) in [5.74, 6) is 0.214. The molecule has 0 heterocycles. The van der Waals surface area contributed by atoms with Gasteiger partial charge in [-0.2, -0.15) is 0 Å². The Balaban J connectivity index is 2.14. The van der Waals surface area contributed by atoms with Crippen LogP contribution in [-0.2, 0) is 16.1 Å². The zero-order valence-electron chi connectivity index (χ0n) is 16.1. The number of carbonyl (C=O) groups is 2. The molecule has 2 aromatic rings. The number of nitrogens with one attached hydrogen (secondary N) is 1. The van der Waals surface area contributed by atoms with E-state index in [1.807, 2.05) is 56.3 Å². The van der Waals surface area contributed by atoms with Crippen LogP contribution in [0.25, 0.3) is 0 Å². The van der Waals surface area contributed by atoms with Crippen molar-refractivity contribution in [2.45, 2.75) is 33.4 Å². The highest BCUT2D eigenvalue weighted by Crippen LogP contribution is 2.19. The lowest BCUT2D eigenvalue weighted by atomic mass is 10.1. The van der Waals surface area contributed by atoms with Gasteiger partial charge in [0.15, 0.2) is 6.61 Å². The van der Waals surface area contributed by atoms with Gasteiger partial charge in [0.25, 0.3) is 5.91 Å². The highest BCUT2D eigenvalue weighted by molar-refractivity contribution is 9.10. The first-order valence-corrected chi connectivity index (χ1v) is 9.56. The van der Waals surface area contributed by atoms with Crippen LogP contribution in [-0.4, -0.2) is 36.4 Å². The van der Waals surface area contributed by atoms with E-state index in [1.165, 1.54) is 4.90 Å². The molecule has 0 aromatic heterocycles. The molecule has 0 spiro atoms. The van der Waals surface area contributed by atoms with Crippen LogP contribution in [0.15, 0.2) is 46.9 Å². The molecule has 0 aliphatic carbocycles. The molecule has 0 aliphatic heterocycles. The van der Waals surface area contributed by atoms with Crippen LogP contribution >= 0.6 is 15.9 Å².